The van der Waals surface area contributed by atoms with Crippen molar-refractivity contribution in [1.82, 2.24) is 15.0 Å². The number of rotatable bonds is 4. The smallest absolute Gasteiger partial charge is 0.260 e. The van der Waals surface area contributed by atoms with E-state index in [2.05, 4.69) is 16.0 Å². The second kappa shape index (κ2) is 6.65. The number of nitrogens with one attached hydrogen (secondary N) is 2. The molecule has 0 fully saturated rings. The van der Waals surface area contributed by atoms with Gasteiger partial charge in [-0.1, -0.05) is 30.3 Å². The van der Waals surface area contributed by atoms with Gasteiger partial charge in [0.15, 0.2) is 0 Å². The largest absolute Gasteiger partial charge is 0.497 e. The van der Waals surface area contributed by atoms with Crippen LogP contribution in [0.2, 0.25) is 0 Å². The van der Waals surface area contributed by atoms with Crippen molar-refractivity contribution in [2.24, 2.45) is 0 Å². The normalized spacial score (nSPS) is 11.3. The second-order valence-electron chi connectivity index (χ2n) is 6.61. The van der Waals surface area contributed by atoms with Crippen LogP contribution < -0.4 is 10.3 Å². The predicted octanol–water partition coefficient (Wildman–Crippen LogP) is 4.73. The van der Waals surface area contributed by atoms with Crippen molar-refractivity contribution in [3.63, 3.8) is 0 Å². The van der Waals surface area contributed by atoms with Crippen molar-refractivity contribution in [3.05, 3.63) is 81.8 Å². The Morgan fingerprint density at radius 2 is 1.93 bits per heavy atom. The van der Waals surface area contributed by atoms with Gasteiger partial charge in [-0.15, -0.1) is 11.3 Å². The van der Waals surface area contributed by atoms with Crippen molar-refractivity contribution in [2.45, 2.75) is 6.42 Å². The Labute approximate surface area is 164 Å². The van der Waals surface area contributed by atoms with Crippen LogP contribution >= 0.6 is 11.3 Å². The molecular formula is C22H17N3O2S. The summed E-state index contributed by atoms with van der Waals surface area (Å²) in [5.74, 6) is 1.46. The highest BCUT2D eigenvalue weighted by Crippen LogP contribution is 2.32. The molecule has 0 radical (unpaired) electrons. The molecule has 28 heavy (non-hydrogen) atoms. The van der Waals surface area contributed by atoms with Gasteiger partial charge >= 0.3 is 0 Å². The molecule has 5 aromatic rings. The Morgan fingerprint density at radius 1 is 1.11 bits per heavy atom. The number of H-pyrrole nitrogens is 2. The van der Waals surface area contributed by atoms with E-state index in [1.807, 2.05) is 54.0 Å². The van der Waals surface area contributed by atoms with Crippen molar-refractivity contribution >= 4 is 32.5 Å². The third kappa shape index (κ3) is 2.78. The number of aromatic amines is 2. The van der Waals surface area contributed by atoms with Crippen molar-refractivity contribution < 1.29 is 4.74 Å². The maximum absolute atomic E-state index is 12.8. The van der Waals surface area contributed by atoms with Crippen LogP contribution in [-0.2, 0) is 6.42 Å². The molecule has 3 aromatic heterocycles. The lowest BCUT2D eigenvalue weighted by Crippen LogP contribution is -2.11. The number of fused-ring (bicyclic) bond motifs is 2. The lowest BCUT2D eigenvalue weighted by atomic mass is 10.1. The summed E-state index contributed by atoms with van der Waals surface area (Å²) in [6.45, 7) is 0. The van der Waals surface area contributed by atoms with Gasteiger partial charge < -0.3 is 14.7 Å². The fourth-order valence-electron chi connectivity index (χ4n) is 3.52. The summed E-state index contributed by atoms with van der Waals surface area (Å²) >= 11 is 1.49. The molecule has 5 nitrogen and oxygen atoms in total. The minimum absolute atomic E-state index is 0.105. The number of ether oxygens (including phenoxy) is 1. The summed E-state index contributed by atoms with van der Waals surface area (Å²) in [6, 6.07) is 15.8. The minimum Gasteiger partial charge on any atom is -0.497 e. The average molecular weight is 387 g/mol. The number of nitrogens with zero attached hydrogens (tertiary/aromatic N) is 1. The van der Waals surface area contributed by atoms with E-state index in [1.165, 1.54) is 11.3 Å². The number of methoxy groups -OCH3 is 1. The summed E-state index contributed by atoms with van der Waals surface area (Å²) in [7, 11) is 1.64. The molecule has 0 amide bonds. The van der Waals surface area contributed by atoms with E-state index in [9.17, 15) is 4.79 Å². The van der Waals surface area contributed by atoms with Gasteiger partial charge in [-0.3, -0.25) is 4.79 Å². The first kappa shape index (κ1) is 16.8. The number of thiophene rings is 1. The zero-order valence-corrected chi connectivity index (χ0v) is 16.0. The van der Waals surface area contributed by atoms with E-state index >= 15 is 0 Å². The van der Waals surface area contributed by atoms with E-state index in [-0.39, 0.29) is 5.56 Å². The van der Waals surface area contributed by atoms with Crippen LogP contribution in [0.15, 0.2) is 64.9 Å². The van der Waals surface area contributed by atoms with Crippen molar-refractivity contribution in [3.8, 4) is 16.9 Å². The maximum atomic E-state index is 12.8. The Hall–Kier alpha value is -3.38. The molecule has 0 aliphatic carbocycles. The van der Waals surface area contributed by atoms with E-state index in [4.69, 9.17) is 9.72 Å². The number of para-hydroxylation sites is 1. The standard InChI is InChI=1S/C22H17N3O2S/c1-27-15-8-6-13(7-9-15)17-12-28-22-20(17)21(26)24-19(25-22)10-14-11-23-18-5-3-2-4-16(14)18/h2-9,11-12,23H,10H2,1H3,(H,24,25,26). The second-order valence-corrected chi connectivity index (χ2v) is 7.47. The molecule has 0 spiro atoms. The van der Waals surface area contributed by atoms with Crippen LogP contribution in [0.3, 0.4) is 0 Å². The summed E-state index contributed by atoms with van der Waals surface area (Å²) in [6.07, 6.45) is 2.55. The topological polar surface area (TPSA) is 70.8 Å². The van der Waals surface area contributed by atoms with Gasteiger partial charge in [-0.25, -0.2) is 4.98 Å². The zero-order valence-electron chi connectivity index (χ0n) is 15.2. The van der Waals surface area contributed by atoms with E-state index in [0.29, 0.717) is 17.6 Å². The van der Waals surface area contributed by atoms with Crippen LogP contribution in [0.4, 0.5) is 0 Å². The van der Waals surface area contributed by atoms with Gasteiger partial charge in [0.25, 0.3) is 5.56 Å². The van der Waals surface area contributed by atoms with Crippen LogP contribution in [0.25, 0.3) is 32.2 Å². The average Bonchev–Trinajstić information content (AvgIpc) is 3.33. The molecule has 0 saturated carbocycles. The molecule has 0 aliphatic rings. The zero-order chi connectivity index (χ0) is 19.1. The summed E-state index contributed by atoms with van der Waals surface area (Å²) in [5.41, 5.74) is 3.97. The molecule has 0 saturated heterocycles. The van der Waals surface area contributed by atoms with Crippen LogP contribution in [0.1, 0.15) is 11.4 Å². The third-order valence-electron chi connectivity index (χ3n) is 4.93. The van der Waals surface area contributed by atoms with Crippen molar-refractivity contribution in [1.29, 1.82) is 0 Å². The molecule has 138 valence electrons. The Morgan fingerprint density at radius 3 is 2.75 bits per heavy atom. The highest BCUT2D eigenvalue weighted by atomic mass is 32.1. The molecule has 2 N–H and O–H groups in total. The molecule has 3 heterocycles. The van der Waals surface area contributed by atoms with Gasteiger partial charge in [0, 0.05) is 34.5 Å². The van der Waals surface area contributed by atoms with Gasteiger partial charge in [0.1, 0.15) is 16.4 Å². The molecule has 5 rings (SSSR count). The molecule has 0 bridgehead atoms. The first-order chi connectivity index (χ1) is 13.7. The van der Waals surface area contributed by atoms with Gasteiger partial charge in [0.05, 0.1) is 12.5 Å². The molecule has 0 unspecified atom stereocenters. The van der Waals surface area contributed by atoms with Gasteiger partial charge in [-0.2, -0.15) is 0 Å². The highest BCUT2D eigenvalue weighted by Gasteiger charge is 2.14. The summed E-state index contributed by atoms with van der Waals surface area (Å²) in [4.78, 5) is 24.6. The molecule has 6 heteroatoms. The Kier molecular flexibility index (Phi) is 3.98. The Bertz CT molecular complexity index is 1350. The number of aromatic nitrogens is 3. The monoisotopic (exact) mass is 387 g/mol. The van der Waals surface area contributed by atoms with Gasteiger partial charge in [-0.05, 0) is 29.3 Å². The lowest BCUT2D eigenvalue weighted by molar-refractivity contribution is 0.415. The maximum Gasteiger partial charge on any atom is 0.260 e. The number of hydrogen-bond acceptors (Lipinski definition) is 4. The van der Waals surface area contributed by atoms with Crippen LogP contribution in [0.5, 0.6) is 5.75 Å². The fourth-order valence-corrected chi connectivity index (χ4v) is 4.49. The van der Waals surface area contributed by atoms with E-state index in [0.717, 1.165) is 38.2 Å². The quantitative estimate of drug-likeness (QED) is 0.468. The lowest BCUT2D eigenvalue weighted by Gasteiger charge is -2.04. The van der Waals surface area contributed by atoms with E-state index in [1.54, 1.807) is 7.11 Å². The van der Waals surface area contributed by atoms with Crippen LogP contribution in [-0.4, -0.2) is 22.1 Å². The van der Waals surface area contributed by atoms with Gasteiger partial charge in [0.2, 0.25) is 0 Å². The molecule has 2 aromatic carbocycles. The molecule has 0 atom stereocenters. The Balaban J connectivity index is 1.55. The first-order valence-electron chi connectivity index (χ1n) is 8.93. The number of hydrogen-bond donors (Lipinski definition) is 2. The fraction of sp³-hybridized carbons (Fsp3) is 0.0909. The minimum atomic E-state index is -0.105. The molecular weight excluding hydrogens is 370 g/mol. The SMILES string of the molecule is COc1ccc(-c2csc3nc(Cc4c[nH]c5ccccc45)[nH]c(=O)c23)cc1. The first-order valence-corrected chi connectivity index (χ1v) is 9.81. The van der Waals surface area contributed by atoms with Crippen LogP contribution in [0, 0.1) is 0 Å². The summed E-state index contributed by atoms with van der Waals surface area (Å²) in [5, 5.41) is 3.78. The van der Waals surface area contributed by atoms with E-state index < -0.39 is 0 Å². The third-order valence-corrected chi connectivity index (χ3v) is 5.80. The summed E-state index contributed by atoms with van der Waals surface area (Å²) < 4.78 is 5.21. The number of benzene rings is 2. The van der Waals surface area contributed by atoms with Crippen molar-refractivity contribution in [2.75, 3.05) is 7.11 Å². The highest BCUT2D eigenvalue weighted by molar-refractivity contribution is 7.17. The predicted molar refractivity (Wildman–Crippen MR) is 113 cm³/mol. The molecule has 0 aliphatic heterocycles.